The summed E-state index contributed by atoms with van der Waals surface area (Å²) in [4.78, 5) is 41.0. The van der Waals surface area contributed by atoms with Gasteiger partial charge in [-0.15, -0.1) is 0 Å². The van der Waals surface area contributed by atoms with Gasteiger partial charge in [0.25, 0.3) is 17.5 Å². The zero-order valence-corrected chi connectivity index (χ0v) is 18.4. The number of rotatable bonds is 7. The second-order valence-electron chi connectivity index (χ2n) is 8.22. The lowest BCUT2D eigenvalue weighted by molar-refractivity contribution is -0.385. The third-order valence-electron chi connectivity index (χ3n) is 5.98. The van der Waals surface area contributed by atoms with Gasteiger partial charge in [-0.2, -0.15) is 0 Å². The van der Waals surface area contributed by atoms with Crippen LogP contribution in [-0.2, 0) is 22.7 Å². The molecule has 9 nitrogen and oxygen atoms in total. The van der Waals surface area contributed by atoms with Crippen LogP contribution in [-0.4, -0.2) is 30.9 Å². The molecule has 1 N–H and O–H groups in total. The van der Waals surface area contributed by atoms with Gasteiger partial charge in [-0.3, -0.25) is 25.0 Å². The first kappa shape index (κ1) is 21.3. The summed E-state index contributed by atoms with van der Waals surface area (Å²) in [7, 11) is 0. The van der Waals surface area contributed by atoms with E-state index in [9.17, 15) is 19.7 Å². The van der Waals surface area contributed by atoms with Gasteiger partial charge in [-0.05, 0) is 31.5 Å². The van der Waals surface area contributed by atoms with Crippen LogP contribution in [0.4, 0.5) is 5.69 Å². The molecule has 2 aromatic carbocycles. The average Bonchev–Trinajstić information content (AvgIpc) is 3.51. The molecule has 0 aliphatic carbocycles. The van der Waals surface area contributed by atoms with Crippen molar-refractivity contribution in [2.75, 3.05) is 0 Å². The van der Waals surface area contributed by atoms with Crippen molar-refractivity contribution < 1.29 is 14.5 Å². The number of hydrogen-bond acceptors (Lipinski definition) is 5. The smallest absolute Gasteiger partial charge is 0.277 e. The van der Waals surface area contributed by atoms with E-state index < -0.39 is 16.7 Å². The normalized spacial score (nSPS) is 13.7. The Bertz CT molecular complexity index is 1480. The molecular formula is C25H21N5O4. The van der Waals surface area contributed by atoms with E-state index in [4.69, 9.17) is 0 Å². The number of nitro groups is 1. The quantitative estimate of drug-likeness (QED) is 0.259. The maximum atomic E-state index is 13.0. The van der Waals surface area contributed by atoms with E-state index >= 15 is 0 Å². The average molecular weight is 455 g/mol. The lowest BCUT2D eigenvalue weighted by Gasteiger charge is -2.06. The van der Waals surface area contributed by atoms with Gasteiger partial charge in [0, 0.05) is 54.2 Å². The Kier molecular flexibility index (Phi) is 5.29. The third kappa shape index (κ3) is 3.66. The molecule has 0 spiro atoms. The summed E-state index contributed by atoms with van der Waals surface area (Å²) in [5, 5.41) is 14.8. The molecule has 4 aromatic rings. The summed E-state index contributed by atoms with van der Waals surface area (Å²) in [6.45, 7) is 3.42. The van der Waals surface area contributed by atoms with Crippen LogP contribution in [0.15, 0.2) is 67.4 Å². The van der Waals surface area contributed by atoms with E-state index in [1.807, 2.05) is 42.1 Å². The molecule has 3 heterocycles. The van der Waals surface area contributed by atoms with Gasteiger partial charge >= 0.3 is 0 Å². The van der Waals surface area contributed by atoms with Crippen LogP contribution in [0.5, 0.6) is 0 Å². The molecular weight excluding hydrogens is 434 g/mol. The number of benzene rings is 2. The van der Waals surface area contributed by atoms with Gasteiger partial charge in [0.1, 0.15) is 0 Å². The topological polar surface area (TPSA) is 112 Å². The van der Waals surface area contributed by atoms with Crippen molar-refractivity contribution in [1.29, 1.82) is 0 Å². The molecule has 0 atom stereocenters. The highest BCUT2D eigenvalue weighted by Crippen LogP contribution is 2.39. The number of nitrogens with zero attached hydrogens (tertiary/aromatic N) is 4. The minimum Gasteiger partial charge on any atom is -0.347 e. The van der Waals surface area contributed by atoms with E-state index in [0.717, 1.165) is 29.4 Å². The van der Waals surface area contributed by atoms with Crippen LogP contribution < -0.4 is 5.32 Å². The number of imide groups is 1. The number of imidazole rings is 1. The Hall–Kier alpha value is -4.53. The summed E-state index contributed by atoms with van der Waals surface area (Å²) in [5.41, 5.74) is 2.59. The minimum atomic E-state index is -0.636. The molecule has 0 fully saturated rings. The van der Waals surface area contributed by atoms with E-state index in [2.05, 4.69) is 14.9 Å². The number of carbonyl (C=O) groups is 2. The lowest BCUT2D eigenvalue weighted by atomic mass is 9.94. The number of nitro benzene ring substituents is 1. The molecule has 9 heteroatoms. The van der Waals surface area contributed by atoms with Crippen molar-refractivity contribution in [3.63, 3.8) is 0 Å². The monoisotopic (exact) mass is 455 g/mol. The number of carbonyl (C=O) groups excluding carboxylic acids is 2. The van der Waals surface area contributed by atoms with Gasteiger partial charge in [0.2, 0.25) is 0 Å². The molecule has 0 bridgehead atoms. The number of aromatic nitrogens is 3. The Morgan fingerprint density at radius 2 is 1.79 bits per heavy atom. The van der Waals surface area contributed by atoms with E-state index in [0.29, 0.717) is 12.1 Å². The maximum absolute atomic E-state index is 13.0. The second kappa shape index (κ2) is 8.43. The van der Waals surface area contributed by atoms with Crippen LogP contribution >= 0.6 is 0 Å². The number of amides is 2. The van der Waals surface area contributed by atoms with Crippen molar-refractivity contribution >= 4 is 39.6 Å². The van der Waals surface area contributed by atoms with Gasteiger partial charge in [-0.25, -0.2) is 4.98 Å². The summed E-state index contributed by atoms with van der Waals surface area (Å²) >= 11 is 0. The number of nitrogens with one attached hydrogen (secondary N) is 1. The van der Waals surface area contributed by atoms with Crippen molar-refractivity contribution in [2.24, 2.45) is 0 Å². The molecule has 1 aliphatic heterocycles. The number of para-hydroxylation sites is 1. The lowest BCUT2D eigenvalue weighted by Crippen LogP contribution is -2.22. The first-order chi connectivity index (χ1) is 16.4. The highest BCUT2D eigenvalue weighted by molar-refractivity contribution is 6.50. The molecule has 0 radical (unpaired) electrons. The summed E-state index contributed by atoms with van der Waals surface area (Å²) < 4.78 is 4.05. The largest absolute Gasteiger partial charge is 0.347 e. The Morgan fingerprint density at radius 3 is 2.53 bits per heavy atom. The highest BCUT2D eigenvalue weighted by Gasteiger charge is 2.36. The number of fused-ring (bicyclic) bond motifs is 1. The molecule has 2 aromatic heterocycles. The van der Waals surface area contributed by atoms with Crippen LogP contribution in [0.3, 0.4) is 0 Å². The van der Waals surface area contributed by atoms with Crippen molar-refractivity contribution in [3.8, 4) is 0 Å². The first-order valence-electron chi connectivity index (χ1n) is 10.8. The van der Waals surface area contributed by atoms with Gasteiger partial charge < -0.3 is 9.13 Å². The maximum Gasteiger partial charge on any atom is 0.277 e. The van der Waals surface area contributed by atoms with Crippen molar-refractivity contribution in [3.05, 3.63) is 94.2 Å². The molecule has 5 rings (SSSR count). The SMILES string of the molecule is Cc1ccc2c(c1)c(C1=C(c3ccccc3[N+](=O)[O-])C(=O)NC1=O)cn2CCCn1ccnc1. The molecule has 0 saturated heterocycles. The van der Waals surface area contributed by atoms with E-state index in [-0.39, 0.29) is 22.4 Å². The standard InChI is InChI=1S/C25H21N5O4/c1-16-7-8-20-18(13-16)19(14-29(20)11-4-10-28-12-9-26-15-28)23-22(24(31)27-25(23)32)17-5-2-3-6-21(17)30(33)34/h2-3,5-9,12-15H,4,10-11H2,1H3,(H,27,31,32). The molecule has 0 saturated carbocycles. The predicted molar refractivity (Wildman–Crippen MR) is 127 cm³/mol. The van der Waals surface area contributed by atoms with Crippen molar-refractivity contribution in [1.82, 2.24) is 19.4 Å². The van der Waals surface area contributed by atoms with Crippen molar-refractivity contribution in [2.45, 2.75) is 26.4 Å². The van der Waals surface area contributed by atoms with E-state index in [1.165, 1.54) is 18.2 Å². The molecule has 170 valence electrons. The summed E-state index contributed by atoms with van der Waals surface area (Å²) in [6.07, 6.45) is 8.09. The summed E-state index contributed by atoms with van der Waals surface area (Å²) in [6, 6.07) is 11.9. The Balaban J connectivity index is 1.66. The highest BCUT2D eigenvalue weighted by atomic mass is 16.6. The first-order valence-corrected chi connectivity index (χ1v) is 10.8. The minimum absolute atomic E-state index is 0.0243. The molecule has 0 unspecified atom stereocenters. The third-order valence-corrected chi connectivity index (χ3v) is 5.98. The second-order valence-corrected chi connectivity index (χ2v) is 8.22. The van der Waals surface area contributed by atoms with Crippen LogP contribution in [0, 0.1) is 17.0 Å². The Labute approximate surface area is 194 Å². The fourth-order valence-electron chi connectivity index (χ4n) is 4.45. The van der Waals surface area contributed by atoms with Crippen LogP contribution in [0.25, 0.3) is 22.0 Å². The molecule has 2 amide bonds. The molecule has 1 aliphatic rings. The van der Waals surface area contributed by atoms with E-state index in [1.54, 1.807) is 18.6 Å². The Morgan fingerprint density at radius 1 is 1.03 bits per heavy atom. The fourth-order valence-corrected chi connectivity index (χ4v) is 4.45. The zero-order valence-electron chi connectivity index (χ0n) is 18.4. The van der Waals surface area contributed by atoms with Gasteiger partial charge in [-0.1, -0.05) is 23.8 Å². The fraction of sp³-hybridized carbons (Fsp3) is 0.160. The van der Waals surface area contributed by atoms with Crippen LogP contribution in [0.2, 0.25) is 0 Å². The van der Waals surface area contributed by atoms with Gasteiger partial charge in [0.15, 0.2) is 0 Å². The van der Waals surface area contributed by atoms with Crippen LogP contribution in [0.1, 0.15) is 23.1 Å². The number of aryl methyl sites for hydroxylation is 3. The number of hydrogen-bond donors (Lipinski definition) is 1. The molecule has 34 heavy (non-hydrogen) atoms. The zero-order chi connectivity index (χ0) is 23.8. The predicted octanol–water partition coefficient (Wildman–Crippen LogP) is 3.71. The van der Waals surface area contributed by atoms with Gasteiger partial charge in [0.05, 0.1) is 28.0 Å². The summed E-state index contributed by atoms with van der Waals surface area (Å²) in [5.74, 6) is -1.19.